The maximum Gasteiger partial charge on any atom is 0.185 e. The summed E-state index contributed by atoms with van der Waals surface area (Å²) in [6.07, 6.45) is 5.80. The standard InChI is InChI=1S/C16H28N4S/c1-13-9-14(2)11-16(10-13,12-17)20-6-4-19(5-7-20)15-18-3-8-21-15/h3,8,13-14H,4-7,9-12,17H2,1-2H3. The van der Waals surface area contributed by atoms with Gasteiger partial charge in [0.05, 0.1) is 0 Å². The van der Waals surface area contributed by atoms with E-state index in [1.165, 1.54) is 24.4 Å². The Morgan fingerprint density at radius 3 is 2.43 bits per heavy atom. The molecule has 1 aliphatic heterocycles. The van der Waals surface area contributed by atoms with E-state index in [9.17, 15) is 0 Å². The Morgan fingerprint density at radius 2 is 1.90 bits per heavy atom. The summed E-state index contributed by atoms with van der Waals surface area (Å²) in [5.41, 5.74) is 6.50. The molecular formula is C16H28N4S. The maximum atomic E-state index is 6.26. The number of aromatic nitrogens is 1. The average molecular weight is 308 g/mol. The molecule has 2 N–H and O–H groups in total. The number of rotatable bonds is 3. The van der Waals surface area contributed by atoms with Crippen molar-refractivity contribution in [3.05, 3.63) is 11.6 Å². The Kier molecular flexibility index (Phi) is 4.52. The number of nitrogens with two attached hydrogens (primary N) is 1. The van der Waals surface area contributed by atoms with Gasteiger partial charge >= 0.3 is 0 Å². The molecule has 1 aliphatic carbocycles. The normalized spacial score (nSPS) is 35.1. The van der Waals surface area contributed by atoms with Crippen LogP contribution in [0.3, 0.4) is 0 Å². The summed E-state index contributed by atoms with van der Waals surface area (Å²) >= 11 is 1.74. The van der Waals surface area contributed by atoms with Gasteiger partial charge in [-0.15, -0.1) is 11.3 Å². The molecule has 1 aromatic rings. The molecule has 21 heavy (non-hydrogen) atoms. The lowest BCUT2D eigenvalue weighted by Gasteiger charge is -2.52. The SMILES string of the molecule is CC1CC(C)CC(CN)(N2CCN(c3nccs3)CC2)C1. The van der Waals surface area contributed by atoms with Gasteiger partial charge in [-0.25, -0.2) is 4.98 Å². The van der Waals surface area contributed by atoms with E-state index >= 15 is 0 Å². The molecular weight excluding hydrogens is 280 g/mol. The molecule has 0 spiro atoms. The third kappa shape index (κ3) is 3.10. The first kappa shape index (κ1) is 15.3. The molecule has 0 aromatic carbocycles. The number of anilines is 1. The van der Waals surface area contributed by atoms with E-state index in [4.69, 9.17) is 5.73 Å². The second-order valence-electron chi connectivity index (χ2n) is 7.07. The van der Waals surface area contributed by atoms with Crippen LogP contribution in [-0.4, -0.2) is 48.1 Å². The predicted octanol–water partition coefficient (Wildman–Crippen LogP) is 2.42. The summed E-state index contributed by atoms with van der Waals surface area (Å²) in [4.78, 5) is 9.54. The highest BCUT2D eigenvalue weighted by molar-refractivity contribution is 7.13. The number of piperazine rings is 1. The van der Waals surface area contributed by atoms with Crippen LogP contribution in [0, 0.1) is 11.8 Å². The van der Waals surface area contributed by atoms with Crippen molar-refractivity contribution in [2.45, 2.75) is 38.6 Å². The highest BCUT2D eigenvalue weighted by Crippen LogP contribution is 2.40. The fourth-order valence-electron chi connectivity index (χ4n) is 4.53. The molecule has 2 aliphatic rings. The zero-order chi connectivity index (χ0) is 14.9. The van der Waals surface area contributed by atoms with Gasteiger partial charge in [-0.3, -0.25) is 4.90 Å². The average Bonchev–Trinajstić information content (AvgIpc) is 3.00. The van der Waals surface area contributed by atoms with Crippen molar-refractivity contribution in [2.75, 3.05) is 37.6 Å². The van der Waals surface area contributed by atoms with E-state index in [2.05, 4.69) is 34.0 Å². The van der Waals surface area contributed by atoms with E-state index in [0.717, 1.165) is 44.6 Å². The first-order chi connectivity index (χ1) is 10.1. The first-order valence-corrected chi connectivity index (χ1v) is 9.10. The lowest BCUT2D eigenvalue weighted by Crippen LogP contribution is -2.62. The summed E-state index contributed by atoms with van der Waals surface area (Å²) < 4.78 is 0. The largest absolute Gasteiger partial charge is 0.346 e. The summed E-state index contributed by atoms with van der Waals surface area (Å²) in [6.45, 7) is 10.00. The summed E-state index contributed by atoms with van der Waals surface area (Å²) in [6, 6.07) is 0. The van der Waals surface area contributed by atoms with E-state index in [1.54, 1.807) is 11.3 Å². The van der Waals surface area contributed by atoms with Crippen LogP contribution in [0.2, 0.25) is 0 Å². The van der Waals surface area contributed by atoms with Crippen molar-refractivity contribution in [1.82, 2.24) is 9.88 Å². The van der Waals surface area contributed by atoms with Gasteiger partial charge in [0, 0.05) is 49.8 Å². The highest BCUT2D eigenvalue weighted by Gasteiger charge is 2.42. The Labute approximate surface area is 132 Å². The monoisotopic (exact) mass is 308 g/mol. The van der Waals surface area contributed by atoms with Gasteiger partial charge in [0.15, 0.2) is 5.13 Å². The molecule has 4 nitrogen and oxygen atoms in total. The molecule has 3 rings (SSSR count). The molecule has 118 valence electrons. The van der Waals surface area contributed by atoms with Crippen molar-refractivity contribution in [3.8, 4) is 0 Å². The van der Waals surface area contributed by atoms with Crippen LogP contribution in [0.15, 0.2) is 11.6 Å². The second-order valence-corrected chi connectivity index (χ2v) is 7.94. The Hall–Kier alpha value is -0.650. The lowest BCUT2D eigenvalue weighted by atomic mass is 9.70. The summed E-state index contributed by atoms with van der Waals surface area (Å²) in [7, 11) is 0. The number of hydrogen-bond donors (Lipinski definition) is 1. The fourth-order valence-corrected chi connectivity index (χ4v) is 5.23. The zero-order valence-corrected chi connectivity index (χ0v) is 14.1. The summed E-state index contributed by atoms with van der Waals surface area (Å²) in [5, 5.41) is 3.23. The molecule has 0 radical (unpaired) electrons. The minimum Gasteiger partial charge on any atom is -0.346 e. The Bertz CT molecular complexity index is 429. The number of nitrogens with zero attached hydrogens (tertiary/aromatic N) is 3. The fraction of sp³-hybridized carbons (Fsp3) is 0.812. The molecule has 0 amide bonds. The van der Waals surface area contributed by atoms with Gasteiger partial charge < -0.3 is 10.6 Å². The van der Waals surface area contributed by atoms with Crippen molar-refractivity contribution in [3.63, 3.8) is 0 Å². The van der Waals surface area contributed by atoms with Crippen molar-refractivity contribution >= 4 is 16.5 Å². The van der Waals surface area contributed by atoms with Crippen LogP contribution >= 0.6 is 11.3 Å². The smallest absolute Gasteiger partial charge is 0.185 e. The van der Waals surface area contributed by atoms with E-state index in [0.29, 0.717) is 0 Å². The number of hydrogen-bond acceptors (Lipinski definition) is 5. The molecule has 2 fully saturated rings. The van der Waals surface area contributed by atoms with Crippen LogP contribution in [0.4, 0.5) is 5.13 Å². The minimum atomic E-state index is 0.242. The summed E-state index contributed by atoms with van der Waals surface area (Å²) in [5.74, 6) is 1.60. The van der Waals surface area contributed by atoms with Crippen LogP contribution < -0.4 is 10.6 Å². The second kappa shape index (κ2) is 6.23. The van der Waals surface area contributed by atoms with Crippen LogP contribution in [-0.2, 0) is 0 Å². The van der Waals surface area contributed by atoms with Gasteiger partial charge in [-0.05, 0) is 31.1 Å². The quantitative estimate of drug-likeness (QED) is 0.931. The van der Waals surface area contributed by atoms with Gasteiger partial charge in [0.2, 0.25) is 0 Å². The minimum absolute atomic E-state index is 0.242. The molecule has 0 bridgehead atoms. The van der Waals surface area contributed by atoms with Gasteiger partial charge in [-0.2, -0.15) is 0 Å². The van der Waals surface area contributed by atoms with E-state index in [1.807, 2.05) is 6.20 Å². The van der Waals surface area contributed by atoms with Gasteiger partial charge in [-0.1, -0.05) is 13.8 Å². The molecule has 2 unspecified atom stereocenters. The molecule has 1 aromatic heterocycles. The number of thiazole rings is 1. The topological polar surface area (TPSA) is 45.4 Å². The molecule has 1 saturated heterocycles. The van der Waals surface area contributed by atoms with E-state index in [-0.39, 0.29) is 5.54 Å². The van der Waals surface area contributed by atoms with Crippen molar-refractivity contribution in [2.24, 2.45) is 17.6 Å². The Morgan fingerprint density at radius 1 is 1.24 bits per heavy atom. The van der Waals surface area contributed by atoms with Crippen LogP contribution in [0.5, 0.6) is 0 Å². The molecule has 5 heteroatoms. The molecule has 2 atom stereocenters. The molecule has 2 heterocycles. The van der Waals surface area contributed by atoms with Crippen LogP contribution in [0.1, 0.15) is 33.1 Å². The zero-order valence-electron chi connectivity index (χ0n) is 13.3. The van der Waals surface area contributed by atoms with E-state index < -0.39 is 0 Å². The maximum absolute atomic E-state index is 6.26. The molecule has 1 saturated carbocycles. The van der Waals surface area contributed by atoms with Crippen molar-refractivity contribution in [1.29, 1.82) is 0 Å². The predicted molar refractivity (Wildman–Crippen MR) is 89.9 cm³/mol. The van der Waals surface area contributed by atoms with Crippen molar-refractivity contribution < 1.29 is 0 Å². The highest BCUT2D eigenvalue weighted by atomic mass is 32.1. The van der Waals surface area contributed by atoms with Gasteiger partial charge in [0.25, 0.3) is 0 Å². The Balaban J connectivity index is 1.66. The first-order valence-electron chi connectivity index (χ1n) is 8.22. The third-order valence-electron chi connectivity index (χ3n) is 5.28. The lowest BCUT2D eigenvalue weighted by molar-refractivity contribution is 0.0156. The third-order valence-corrected chi connectivity index (χ3v) is 6.11. The van der Waals surface area contributed by atoms with Gasteiger partial charge in [0.1, 0.15) is 0 Å². The van der Waals surface area contributed by atoms with Crippen LogP contribution in [0.25, 0.3) is 0 Å².